The van der Waals surface area contributed by atoms with Crippen LogP contribution in [0.15, 0.2) is 35.3 Å². The van der Waals surface area contributed by atoms with Gasteiger partial charge in [-0.15, -0.1) is 0 Å². The number of amides is 2. The van der Waals surface area contributed by atoms with E-state index < -0.39 is 35.7 Å². The third kappa shape index (κ3) is 13.6. The van der Waals surface area contributed by atoms with Gasteiger partial charge in [-0.25, -0.2) is 0 Å². The molecule has 1 aromatic carbocycles. The smallest absolute Gasteiger partial charge is 0.245 e. The Morgan fingerprint density at radius 3 is 2.10 bits per heavy atom. The Morgan fingerprint density at radius 1 is 0.828 bits per heavy atom. The number of rotatable bonds is 25. The molecule has 1 saturated heterocycles. The number of hydrogen-bond acceptors (Lipinski definition) is 10. The lowest BCUT2D eigenvalue weighted by atomic mass is 9.70. The first-order valence-electron chi connectivity index (χ1n) is 22.4. The standard InChI is InChI=1S/C44H76N10O4/c1-50-36(29-32-18-7-3-8-19-32)41(57)53-35(22-11-12-24-45)42(58)54-27-15-23-37(54)40(56)44(52-26-14-13-25-51-43(48)49,38(47)30-33-20-9-4-10-21-33)39(55)34(46)28-31-16-5-2-6-17-31/h3,7-8,18-19,31,33-38,50,52H,2,4-6,9-17,20-30,45-47H2,1H3,(H,53,57)(H4,48,49,51)/t34-,35+,36+,37+,38+,44?/m1/s1. The van der Waals surface area contributed by atoms with Crippen molar-refractivity contribution in [2.45, 2.75) is 164 Å². The minimum absolute atomic E-state index is 0.0111. The van der Waals surface area contributed by atoms with Crippen molar-refractivity contribution in [1.29, 1.82) is 0 Å². The van der Waals surface area contributed by atoms with E-state index in [0.717, 1.165) is 56.9 Å². The molecular formula is C44H76N10O4. The second kappa shape index (κ2) is 24.6. The lowest BCUT2D eigenvalue weighted by molar-refractivity contribution is -0.147. The highest BCUT2D eigenvalue weighted by Gasteiger charge is 2.56. The SMILES string of the molecule is CN[C@@H](Cc1ccccc1)C(=O)N[C@@H](CCCCN)C(=O)N1CCC[C@H]1C(=O)C(NCCCCN=C(N)N)(C(=O)[C@H](N)CC1CCCCC1)[C@@H](N)CC1CCCCC1. The van der Waals surface area contributed by atoms with Gasteiger partial charge in [0.15, 0.2) is 23.1 Å². The fourth-order valence-electron chi connectivity index (χ4n) is 9.63. The highest BCUT2D eigenvalue weighted by atomic mass is 16.2. The van der Waals surface area contributed by atoms with Crippen LogP contribution in [0.5, 0.6) is 0 Å². The van der Waals surface area contributed by atoms with Gasteiger partial charge in [0.05, 0.1) is 18.1 Å². The number of Topliss-reactive ketones (excluding diaryl/α,β-unsaturated/α-hetero) is 2. The third-order valence-corrected chi connectivity index (χ3v) is 12.9. The highest BCUT2D eigenvalue weighted by molar-refractivity contribution is 6.17. The summed E-state index contributed by atoms with van der Waals surface area (Å²) in [5, 5.41) is 9.63. The van der Waals surface area contributed by atoms with Crippen LogP contribution < -0.4 is 44.6 Å². The summed E-state index contributed by atoms with van der Waals surface area (Å²) in [7, 11) is 1.73. The van der Waals surface area contributed by atoms with Crippen LogP contribution in [0, 0.1) is 11.8 Å². The molecule has 2 amide bonds. The van der Waals surface area contributed by atoms with Crippen molar-refractivity contribution in [3.8, 4) is 0 Å². The molecule has 1 aliphatic heterocycles. The molecule has 326 valence electrons. The van der Waals surface area contributed by atoms with Gasteiger partial charge in [0.25, 0.3) is 0 Å². The molecule has 13 N–H and O–H groups in total. The number of carbonyl (C=O) groups is 4. The van der Waals surface area contributed by atoms with Crippen LogP contribution in [-0.2, 0) is 25.6 Å². The summed E-state index contributed by atoms with van der Waals surface area (Å²) >= 11 is 0. The number of likely N-dealkylation sites (tertiary alicyclic amines) is 1. The Bertz CT molecular complexity index is 1450. The number of aliphatic imine (C=N–C) groups is 1. The zero-order valence-electron chi connectivity index (χ0n) is 35.3. The molecule has 6 atom stereocenters. The number of benzene rings is 1. The lowest BCUT2D eigenvalue weighted by Gasteiger charge is -2.43. The van der Waals surface area contributed by atoms with Crippen molar-refractivity contribution in [3.63, 3.8) is 0 Å². The Labute approximate surface area is 347 Å². The first-order chi connectivity index (χ1) is 28.0. The quantitative estimate of drug-likeness (QED) is 0.0309. The van der Waals surface area contributed by atoms with E-state index in [4.69, 9.17) is 28.7 Å². The van der Waals surface area contributed by atoms with Gasteiger partial charge in [-0.05, 0) is 102 Å². The fraction of sp³-hybridized carbons (Fsp3) is 0.750. The normalized spacial score (nSPS) is 21.0. The zero-order valence-corrected chi connectivity index (χ0v) is 35.3. The molecule has 0 spiro atoms. The number of nitrogens with one attached hydrogen (secondary N) is 3. The molecule has 3 fully saturated rings. The van der Waals surface area contributed by atoms with Crippen LogP contribution in [0.2, 0.25) is 0 Å². The van der Waals surface area contributed by atoms with Gasteiger partial charge in [-0.1, -0.05) is 94.5 Å². The van der Waals surface area contributed by atoms with E-state index in [2.05, 4.69) is 20.9 Å². The molecule has 0 bridgehead atoms. The summed E-state index contributed by atoms with van der Waals surface area (Å²) in [6.07, 6.45) is 16.0. The Kier molecular flexibility index (Phi) is 20.0. The number of hydrogen-bond donors (Lipinski definition) is 8. The topological polar surface area (TPSA) is 250 Å². The van der Waals surface area contributed by atoms with Gasteiger partial charge in [0.2, 0.25) is 11.8 Å². The second-order valence-corrected chi connectivity index (χ2v) is 17.2. The molecule has 14 heteroatoms. The number of guanidine groups is 1. The Morgan fingerprint density at radius 2 is 1.48 bits per heavy atom. The molecule has 4 rings (SSSR count). The second-order valence-electron chi connectivity index (χ2n) is 17.2. The highest BCUT2D eigenvalue weighted by Crippen LogP contribution is 2.35. The van der Waals surface area contributed by atoms with Crippen molar-refractivity contribution < 1.29 is 19.2 Å². The molecule has 1 heterocycles. The van der Waals surface area contributed by atoms with Crippen molar-refractivity contribution in [1.82, 2.24) is 20.9 Å². The van der Waals surface area contributed by atoms with Crippen LogP contribution in [-0.4, -0.2) is 103 Å². The molecule has 0 radical (unpaired) electrons. The minimum atomic E-state index is -1.81. The first kappa shape index (κ1) is 47.3. The van der Waals surface area contributed by atoms with E-state index in [1.165, 1.54) is 12.8 Å². The van der Waals surface area contributed by atoms with Crippen molar-refractivity contribution in [2.24, 2.45) is 45.5 Å². The molecule has 2 aliphatic carbocycles. The van der Waals surface area contributed by atoms with E-state index in [0.29, 0.717) is 96.3 Å². The van der Waals surface area contributed by atoms with Gasteiger partial charge in [-0.2, -0.15) is 0 Å². The fourth-order valence-corrected chi connectivity index (χ4v) is 9.63. The van der Waals surface area contributed by atoms with Crippen molar-refractivity contribution in [2.75, 3.05) is 33.2 Å². The number of ketones is 2. The number of carbonyl (C=O) groups excluding carboxylic acids is 4. The average molecular weight is 809 g/mol. The summed E-state index contributed by atoms with van der Waals surface area (Å²) in [4.78, 5) is 65.0. The summed E-state index contributed by atoms with van der Waals surface area (Å²) in [5.74, 6) is -0.796. The maximum atomic E-state index is 15.6. The maximum Gasteiger partial charge on any atom is 0.245 e. The van der Waals surface area contributed by atoms with Crippen molar-refractivity contribution in [3.05, 3.63) is 35.9 Å². The predicted octanol–water partition coefficient (Wildman–Crippen LogP) is 2.54. The van der Waals surface area contributed by atoms with Crippen molar-refractivity contribution >= 4 is 29.3 Å². The van der Waals surface area contributed by atoms with Crippen LogP contribution in [0.1, 0.15) is 128 Å². The summed E-state index contributed by atoms with van der Waals surface area (Å²) in [6.45, 7) is 1.51. The van der Waals surface area contributed by atoms with Crippen LogP contribution >= 0.6 is 0 Å². The van der Waals surface area contributed by atoms with Gasteiger partial charge in [-0.3, -0.25) is 29.5 Å². The van der Waals surface area contributed by atoms with Gasteiger partial charge < -0.3 is 44.2 Å². The molecule has 1 aromatic rings. The van der Waals surface area contributed by atoms with Crippen LogP contribution in [0.4, 0.5) is 0 Å². The monoisotopic (exact) mass is 809 g/mol. The van der Waals surface area contributed by atoms with E-state index >= 15 is 9.59 Å². The summed E-state index contributed by atoms with van der Waals surface area (Å²) in [6, 6.07) is 5.61. The van der Waals surface area contributed by atoms with E-state index in [9.17, 15) is 9.59 Å². The number of nitrogens with two attached hydrogens (primary N) is 5. The average Bonchev–Trinajstić information content (AvgIpc) is 3.73. The van der Waals surface area contributed by atoms with E-state index in [1.54, 1.807) is 11.9 Å². The van der Waals surface area contributed by atoms with Gasteiger partial charge in [0.1, 0.15) is 6.04 Å². The van der Waals surface area contributed by atoms with E-state index in [1.807, 2.05) is 30.3 Å². The molecule has 58 heavy (non-hydrogen) atoms. The Balaban J connectivity index is 1.67. The number of nitrogens with zero attached hydrogens (tertiary/aromatic N) is 2. The maximum absolute atomic E-state index is 15.6. The third-order valence-electron chi connectivity index (χ3n) is 12.9. The first-order valence-corrected chi connectivity index (χ1v) is 22.4. The lowest BCUT2D eigenvalue weighted by Crippen LogP contribution is -2.74. The summed E-state index contributed by atoms with van der Waals surface area (Å²) < 4.78 is 0. The van der Waals surface area contributed by atoms with Gasteiger partial charge >= 0.3 is 0 Å². The molecule has 2 saturated carbocycles. The van der Waals surface area contributed by atoms with Crippen LogP contribution in [0.25, 0.3) is 0 Å². The van der Waals surface area contributed by atoms with E-state index in [-0.39, 0.29) is 35.3 Å². The Hall–Kier alpha value is -3.43. The summed E-state index contributed by atoms with van der Waals surface area (Å²) in [5.41, 5.74) is 30.3. The molecule has 1 unspecified atom stereocenters. The molecular weight excluding hydrogens is 733 g/mol. The molecule has 3 aliphatic rings. The minimum Gasteiger partial charge on any atom is -0.370 e. The number of unbranched alkanes of at least 4 members (excludes halogenated alkanes) is 2. The zero-order chi connectivity index (χ0) is 41.9. The number of likely N-dealkylation sites (N-methyl/N-ethyl adjacent to an activating group) is 1. The molecule has 14 nitrogen and oxygen atoms in total. The van der Waals surface area contributed by atoms with Gasteiger partial charge in [0, 0.05) is 19.1 Å². The predicted molar refractivity (Wildman–Crippen MR) is 232 cm³/mol. The largest absolute Gasteiger partial charge is 0.370 e. The molecule has 0 aromatic heterocycles. The van der Waals surface area contributed by atoms with Crippen LogP contribution in [0.3, 0.4) is 0 Å².